The molecule has 0 aliphatic carbocycles. The predicted molar refractivity (Wildman–Crippen MR) is 109 cm³/mol. The van der Waals surface area contributed by atoms with E-state index >= 15 is 0 Å². The van der Waals surface area contributed by atoms with Crippen LogP contribution in [0.15, 0.2) is 53.5 Å². The molecule has 6 heteroatoms. The fourth-order valence-corrected chi connectivity index (χ4v) is 2.61. The molecule has 1 amide bonds. The van der Waals surface area contributed by atoms with E-state index in [4.69, 9.17) is 11.6 Å². The molecule has 0 fully saturated rings. The number of benzene rings is 2. The Morgan fingerprint density at radius 1 is 0.923 bits per heavy atom. The molecular formula is C20H25ClN4O. The summed E-state index contributed by atoms with van der Waals surface area (Å²) in [5.41, 5.74) is 3.24. The summed E-state index contributed by atoms with van der Waals surface area (Å²) < 4.78 is 0. The van der Waals surface area contributed by atoms with E-state index in [1.54, 1.807) is 7.05 Å². The minimum absolute atomic E-state index is 0.0621. The zero-order chi connectivity index (χ0) is 18.8. The fourth-order valence-electron chi connectivity index (χ4n) is 2.48. The van der Waals surface area contributed by atoms with E-state index in [-0.39, 0.29) is 5.91 Å². The van der Waals surface area contributed by atoms with Gasteiger partial charge in [0.25, 0.3) is 0 Å². The second kappa shape index (κ2) is 10.5. The standard InChI is InChI=1S/C20H25ClN4O/c1-15(26)25-19-9-5-17(6-10-19)12-14-24-20(22-2)23-13-11-16-3-7-18(21)8-4-16/h3-10H,11-14H2,1-2H3,(H,25,26)(H2,22,23,24). The highest BCUT2D eigenvalue weighted by molar-refractivity contribution is 6.30. The molecular weight excluding hydrogens is 348 g/mol. The van der Waals surface area contributed by atoms with Crippen molar-refractivity contribution in [2.75, 3.05) is 25.5 Å². The number of nitrogens with one attached hydrogen (secondary N) is 3. The number of carbonyl (C=O) groups excluding carboxylic acids is 1. The Balaban J connectivity index is 1.69. The number of anilines is 1. The van der Waals surface area contributed by atoms with Crippen molar-refractivity contribution in [3.8, 4) is 0 Å². The average molecular weight is 373 g/mol. The number of carbonyl (C=O) groups is 1. The summed E-state index contributed by atoms with van der Waals surface area (Å²) in [4.78, 5) is 15.3. The lowest BCUT2D eigenvalue weighted by molar-refractivity contribution is -0.114. The fraction of sp³-hybridized carbons (Fsp3) is 0.300. The largest absolute Gasteiger partial charge is 0.356 e. The van der Waals surface area contributed by atoms with Gasteiger partial charge in [0.1, 0.15) is 0 Å². The van der Waals surface area contributed by atoms with Gasteiger partial charge in [-0.1, -0.05) is 35.9 Å². The minimum atomic E-state index is -0.0621. The lowest BCUT2D eigenvalue weighted by atomic mass is 10.1. The van der Waals surface area contributed by atoms with Gasteiger partial charge in [0.2, 0.25) is 5.91 Å². The topological polar surface area (TPSA) is 65.5 Å². The van der Waals surface area contributed by atoms with E-state index in [2.05, 4.69) is 20.9 Å². The van der Waals surface area contributed by atoms with Crippen LogP contribution in [0.25, 0.3) is 0 Å². The normalized spacial score (nSPS) is 11.1. The molecule has 0 spiro atoms. The first-order valence-electron chi connectivity index (χ1n) is 8.62. The first kappa shape index (κ1) is 19.8. The first-order valence-corrected chi connectivity index (χ1v) is 9.00. The van der Waals surface area contributed by atoms with Gasteiger partial charge in [0.15, 0.2) is 5.96 Å². The van der Waals surface area contributed by atoms with Gasteiger partial charge in [-0.05, 0) is 48.2 Å². The van der Waals surface area contributed by atoms with Crippen molar-refractivity contribution in [1.82, 2.24) is 10.6 Å². The van der Waals surface area contributed by atoms with Gasteiger partial charge in [0.05, 0.1) is 0 Å². The Kier molecular flexibility index (Phi) is 7.96. The van der Waals surface area contributed by atoms with Crippen molar-refractivity contribution in [1.29, 1.82) is 0 Å². The molecule has 0 atom stereocenters. The maximum atomic E-state index is 11.0. The molecule has 2 rings (SSSR count). The molecule has 3 N–H and O–H groups in total. The molecule has 2 aromatic carbocycles. The van der Waals surface area contributed by atoms with Gasteiger partial charge in [-0.2, -0.15) is 0 Å². The van der Waals surface area contributed by atoms with E-state index in [1.165, 1.54) is 18.1 Å². The van der Waals surface area contributed by atoms with Crippen LogP contribution in [-0.2, 0) is 17.6 Å². The molecule has 5 nitrogen and oxygen atoms in total. The number of nitrogens with zero attached hydrogens (tertiary/aromatic N) is 1. The highest BCUT2D eigenvalue weighted by atomic mass is 35.5. The third-order valence-corrected chi connectivity index (χ3v) is 4.08. The van der Waals surface area contributed by atoms with Crippen LogP contribution in [0.5, 0.6) is 0 Å². The highest BCUT2D eigenvalue weighted by Gasteiger charge is 2.00. The monoisotopic (exact) mass is 372 g/mol. The van der Waals surface area contributed by atoms with E-state index in [1.807, 2.05) is 48.5 Å². The molecule has 0 bridgehead atoms. The van der Waals surface area contributed by atoms with Crippen molar-refractivity contribution >= 4 is 29.2 Å². The van der Waals surface area contributed by atoms with E-state index in [9.17, 15) is 4.79 Å². The van der Waals surface area contributed by atoms with Crippen LogP contribution in [0.4, 0.5) is 5.69 Å². The summed E-state index contributed by atoms with van der Waals surface area (Å²) in [6, 6.07) is 15.7. The van der Waals surface area contributed by atoms with Crippen molar-refractivity contribution in [2.24, 2.45) is 4.99 Å². The second-order valence-corrected chi connectivity index (χ2v) is 6.37. The molecule has 0 saturated heterocycles. The van der Waals surface area contributed by atoms with Crippen molar-refractivity contribution in [2.45, 2.75) is 19.8 Å². The molecule has 0 aliphatic heterocycles. The minimum Gasteiger partial charge on any atom is -0.356 e. The summed E-state index contributed by atoms with van der Waals surface area (Å²) in [5.74, 6) is 0.724. The maximum Gasteiger partial charge on any atom is 0.221 e. The van der Waals surface area contributed by atoms with Crippen LogP contribution in [0.3, 0.4) is 0 Å². The molecule has 0 saturated carbocycles. The molecule has 0 unspecified atom stereocenters. The molecule has 0 aromatic heterocycles. The molecule has 2 aromatic rings. The number of guanidine groups is 1. The first-order chi connectivity index (χ1) is 12.6. The Bertz CT molecular complexity index is 726. The molecule has 0 aliphatic rings. The van der Waals surface area contributed by atoms with Crippen molar-refractivity contribution in [3.05, 3.63) is 64.7 Å². The summed E-state index contributed by atoms with van der Waals surface area (Å²) in [6.07, 6.45) is 1.78. The third-order valence-electron chi connectivity index (χ3n) is 3.82. The van der Waals surface area contributed by atoms with Crippen LogP contribution in [0.1, 0.15) is 18.1 Å². The summed E-state index contributed by atoms with van der Waals surface area (Å²) in [6.45, 7) is 3.08. The highest BCUT2D eigenvalue weighted by Crippen LogP contribution is 2.10. The van der Waals surface area contributed by atoms with Gasteiger partial charge >= 0.3 is 0 Å². The average Bonchev–Trinajstić information content (AvgIpc) is 2.63. The molecule has 0 radical (unpaired) electrons. The van der Waals surface area contributed by atoms with Gasteiger partial charge in [-0.25, -0.2) is 0 Å². The van der Waals surface area contributed by atoms with Gasteiger partial charge in [-0.3, -0.25) is 9.79 Å². The zero-order valence-electron chi connectivity index (χ0n) is 15.2. The van der Waals surface area contributed by atoms with Crippen molar-refractivity contribution < 1.29 is 4.79 Å². The quantitative estimate of drug-likeness (QED) is 0.516. The number of amides is 1. The lowest BCUT2D eigenvalue weighted by Crippen LogP contribution is -2.39. The Labute approximate surface area is 159 Å². The maximum absolute atomic E-state index is 11.0. The van der Waals surface area contributed by atoms with E-state index in [0.29, 0.717) is 0 Å². The van der Waals surface area contributed by atoms with Gasteiger partial charge < -0.3 is 16.0 Å². The lowest BCUT2D eigenvalue weighted by Gasteiger charge is -2.12. The van der Waals surface area contributed by atoms with Crippen LogP contribution in [0, 0.1) is 0 Å². The number of rotatable bonds is 7. The number of halogens is 1. The van der Waals surface area contributed by atoms with E-state index in [0.717, 1.165) is 42.6 Å². The van der Waals surface area contributed by atoms with Crippen LogP contribution < -0.4 is 16.0 Å². The predicted octanol–water partition coefficient (Wildman–Crippen LogP) is 3.25. The van der Waals surface area contributed by atoms with Gasteiger partial charge in [0, 0.05) is 37.8 Å². The summed E-state index contributed by atoms with van der Waals surface area (Å²) in [5, 5.41) is 10.1. The summed E-state index contributed by atoms with van der Waals surface area (Å²) in [7, 11) is 1.76. The zero-order valence-corrected chi connectivity index (χ0v) is 15.9. The van der Waals surface area contributed by atoms with E-state index < -0.39 is 0 Å². The Morgan fingerprint density at radius 3 is 1.88 bits per heavy atom. The Morgan fingerprint density at radius 2 is 1.42 bits per heavy atom. The number of hydrogen-bond acceptors (Lipinski definition) is 2. The van der Waals surface area contributed by atoms with Crippen LogP contribution in [-0.4, -0.2) is 32.0 Å². The van der Waals surface area contributed by atoms with Crippen molar-refractivity contribution in [3.63, 3.8) is 0 Å². The number of aliphatic imine (C=N–C) groups is 1. The third kappa shape index (κ3) is 7.15. The Hall–Kier alpha value is -2.53. The molecule has 0 heterocycles. The van der Waals surface area contributed by atoms with Gasteiger partial charge in [-0.15, -0.1) is 0 Å². The number of hydrogen-bond donors (Lipinski definition) is 3. The second-order valence-electron chi connectivity index (χ2n) is 5.93. The smallest absolute Gasteiger partial charge is 0.221 e. The molecule has 138 valence electrons. The van der Waals surface area contributed by atoms with Crippen LogP contribution >= 0.6 is 11.6 Å². The SMILES string of the molecule is CN=C(NCCc1ccc(Cl)cc1)NCCc1ccc(NC(C)=O)cc1. The van der Waals surface area contributed by atoms with Crippen LogP contribution in [0.2, 0.25) is 5.02 Å². The summed E-state index contributed by atoms with van der Waals surface area (Å²) >= 11 is 5.89. The molecule has 26 heavy (non-hydrogen) atoms.